The molecule has 0 spiro atoms. The van der Waals surface area contributed by atoms with Crippen LogP contribution in [0.1, 0.15) is 10.4 Å². The molecule has 37 heavy (non-hydrogen) atoms. The Bertz CT molecular complexity index is 1360. The fraction of sp³-hybridized carbons (Fsp3) is 0.192. The molecule has 1 aromatic heterocycles. The molecule has 5 rings (SSSR count). The van der Waals surface area contributed by atoms with Crippen LogP contribution in [-0.4, -0.2) is 68.9 Å². The third-order valence-electron chi connectivity index (χ3n) is 5.95. The number of tetrazole rings is 1. The summed E-state index contributed by atoms with van der Waals surface area (Å²) >= 11 is 1.26. The first-order chi connectivity index (χ1) is 18.1. The Morgan fingerprint density at radius 2 is 1.57 bits per heavy atom. The molecule has 0 bridgehead atoms. The van der Waals surface area contributed by atoms with Crippen molar-refractivity contribution in [3.05, 3.63) is 90.2 Å². The first kappa shape index (κ1) is 24.4. The number of nitrogens with zero attached hydrogens (tertiary/aromatic N) is 6. The van der Waals surface area contributed by atoms with Gasteiger partial charge in [-0.15, -0.1) is 5.10 Å². The number of benzene rings is 3. The number of carbonyl (C=O) groups excluding carboxylic acids is 2. The van der Waals surface area contributed by atoms with Crippen LogP contribution in [0.3, 0.4) is 0 Å². The summed E-state index contributed by atoms with van der Waals surface area (Å²) < 4.78 is 14.7. The van der Waals surface area contributed by atoms with Crippen LogP contribution in [-0.2, 0) is 4.79 Å². The average Bonchev–Trinajstić information content (AvgIpc) is 3.42. The second-order valence-electron chi connectivity index (χ2n) is 8.38. The van der Waals surface area contributed by atoms with Crippen molar-refractivity contribution < 1.29 is 14.0 Å². The SMILES string of the molecule is O=C(CSc1nnnn1-c1ccccc1)Nc1ccc(N2CCN(C(=O)c3ccc(F)cc3)CC2)cc1. The van der Waals surface area contributed by atoms with Gasteiger partial charge in [-0.1, -0.05) is 30.0 Å². The standard InChI is InChI=1S/C26H24FN7O2S/c27-20-8-6-19(7-9-20)25(36)33-16-14-32(15-17-33)22-12-10-21(11-13-22)28-24(35)18-37-26-29-30-31-34(26)23-4-2-1-3-5-23/h1-13H,14-18H2,(H,28,35). The van der Waals surface area contributed by atoms with Crippen molar-refractivity contribution in [1.82, 2.24) is 25.1 Å². The van der Waals surface area contributed by atoms with Gasteiger partial charge in [0, 0.05) is 43.1 Å². The number of amides is 2. The maximum atomic E-state index is 13.1. The lowest BCUT2D eigenvalue weighted by molar-refractivity contribution is -0.113. The monoisotopic (exact) mass is 517 g/mol. The third-order valence-corrected chi connectivity index (χ3v) is 6.87. The zero-order chi connectivity index (χ0) is 25.6. The minimum atomic E-state index is -0.357. The average molecular weight is 518 g/mol. The molecule has 0 aliphatic carbocycles. The second-order valence-corrected chi connectivity index (χ2v) is 9.32. The summed E-state index contributed by atoms with van der Waals surface area (Å²) in [5.74, 6) is -0.440. The number of nitrogens with one attached hydrogen (secondary N) is 1. The molecule has 1 N–H and O–H groups in total. The van der Waals surface area contributed by atoms with Gasteiger partial charge in [-0.05, 0) is 71.1 Å². The fourth-order valence-corrected chi connectivity index (χ4v) is 4.72. The quantitative estimate of drug-likeness (QED) is 0.375. The number of carbonyl (C=O) groups is 2. The number of halogens is 1. The molecule has 188 valence electrons. The summed E-state index contributed by atoms with van der Waals surface area (Å²) in [4.78, 5) is 29.1. The molecule has 0 radical (unpaired) electrons. The highest BCUT2D eigenvalue weighted by molar-refractivity contribution is 7.99. The molecule has 4 aromatic rings. The highest BCUT2D eigenvalue weighted by Gasteiger charge is 2.22. The fourth-order valence-electron chi connectivity index (χ4n) is 4.03. The minimum Gasteiger partial charge on any atom is -0.368 e. The van der Waals surface area contributed by atoms with Crippen molar-refractivity contribution in [3.63, 3.8) is 0 Å². The van der Waals surface area contributed by atoms with Crippen molar-refractivity contribution in [3.8, 4) is 5.69 Å². The number of hydrogen-bond acceptors (Lipinski definition) is 7. The molecule has 3 aromatic carbocycles. The van der Waals surface area contributed by atoms with Crippen molar-refractivity contribution in [2.75, 3.05) is 42.1 Å². The summed E-state index contributed by atoms with van der Waals surface area (Å²) in [5.41, 5.74) is 3.03. The van der Waals surface area contributed by atoms with E-state index in [4.69, 9.17) is 0 Å². The summed E-state index contributed by atoms with van der Waals surface area (Å²) in [6, 6.07) is 22.8. The molecule has 0 unspecified atom stereocenters. The maximum absolute atomic E-state index is 13.1. The predicted molar refractivity (Wildman–Crippen MR) is 139 cm³/mol. The van der Waals surface area contributed by atoms with Gasteiger partial charge in [-0.3, -0.25) is 9.59 Å². The van der Waals surface area contributed by atoms with Crippen LogP contribution >= 0.6 is 11.8 Å². The molecule has 9 nitrogen and oxygen atoms in total. The van der Waals surface area contributed by atoms with E-state index in [1.54, 1.807) is 9.58 Å². The highest BCUT2D eigenvalue weighted by Crippen LogP contribution is 2.22. The Morgan fingerprint density at radius 3 is 2.27 bits per heavy atom. The van der Waals surface area contributed by atoms with Gasteiger partial charge in [0.2, 0.25) is 11.1 Å². The summed E-state index contributed by atoms with van der Waals surface area (Å²) in [7, 11) is 0. The smallest absolute Gasteiger partial charge is 0.253 e. The summed E-state index contributed by atoms with van der Waals surface area (Å²) in [6.45, 7) is 2.53. The van der Waals surface area contributed by atoms with E-state index in [0.29, 0.717) is 42.6 Å². The molecular formula is C26H24FN7O2S. The Hall–Kier alpha value is -4.25. The van der Waals surface area contributed by atoms with E-state index in [0.717, 1.165) is 11.4 Å². The lowest BCUT2D eigenvalue weighted by Gasteiger charge is -2.36. The van der Waals surface area contributed by atoms with Gasteiger partial charge in [0.15, 0.2) is 0 Å². The molecule has 11 heteroatoms. The normalized spacial score (nSPS) is 13.4. The number of thioether (sulfide) groups is 1. The lowest BCUT2D eigenvalue weighted by atomic mass is 10.1. The van der Waals surface area contributed by atoms with Crippen molar-refractivity contribution in [2.24, 2.45) is 0 Å². The van der Waals surface area contributed by atoms with E-state index < -0.39 is 0 Å². The predicted octanol–water partition coefficient (Wildman–Crippen LogP) is 3.49. The number of para-hydroxylation sites is 1. The molecule has 1 saturated heterocycles. The van der Waals surface area contributed by atoms with E-state index in [1.165, 1.54) is 36.0 Å². The number of piperazine rings is 1. The van der Waals surface area contributed by atoms with Crippen molar-refractivity contribution in [2.45, 2.75) is 5.16 Å². The van der Waals surface area contributed by atoms with Gasteiger partial charge in [0.05, 0.1) is 11.4 Å². The van der Waals surface area contributed by atoms with Crippen molar-refractivity contribution in [1.29, 1.82) is 0 Å². The topological polar surface area (TPSA) is 96.2 Å². The third kappa shape index (κ3) is 5.95. The van der Waals surface area contributed by atoms with E-state index in [1.807, 2.05) is 54.6 Å². The van der Waals surface area contributed by atoms with E-state index in [-0.39, 0.29) is 23.4 Å². The molecule has 1 fully saturated rings. The zero-order valence-corrected chi connectivity index (χ0v) is 20.6. The molecule has 1 aliphatic heterocycles. The number of rotatable bonds is 7. The van der Waals surface area contributed by atoms with E-state index in [2.05, 4.69) is 25.7 Å². The van der Waals surface area contributed by atoms with Crippen LogP contribution in [0.2, 0.25) is 0 Å². The van der Waals surface area contributed by atoms with Crippen LogP contribution in [0.4, 0.5) is 15.8 Å². The first-order valence-electron chi connectivity index (χ1n) is 11.7. The summed E-state index contributed by atoms with van der Waals surface area (Å²) in [5, 5.41) is 15.2. The molecule has 2 amide bonds. The Balaban J connectivity index is 1.11. The van der Waals surface area contributed by atoms with Gasteiger partial charge < -0.3 is 15.1 Å². The number of aromatic nitrogens is 4. The second kappa shape index (κ2) is 11.2. The Kier molecular flexibility index (Phi) is 7.41. The van der Waals surface area contributed by atoms with Crippen molar-refractivity contribution >= 4 is 35.0 Å². The molecule has 1 aliphatic rings. The van der Waals surface area contributed by atoms with Gasteiger partial charge in [0.1, 0.15) is 5.82 Å². The molecule has 0 saturated carbocycles. The zero-order valence-electron chi connectivity index (χ0n) is 19.8. The molecule has 0 atom stereocenters. The van der Waals surface area contributed by atoms with Crippen LogP contribution in [0.5, 0.6) is 0 Å². The van der Waals surface area contributed by atoms with E-state index in [9.17, 15) is 14.0 Å². The van der Waals surface area contributed by atoms with Crippen LogP contribution < -0.4 is 10.2 Å². The van der Waals surface area contributed by atoms with E-state index >= 15 is 0 Å². The van der Waals surface area contributed by atoms with Crippen LogP contribution in [0, 0.1) is 5.82 Å². The van der Waals surface area contributed by atoms with Crippen LogP contribution in [0.25, 0.3) is 5.69 Å². The molecule has 2 heterocycles. The van der Waals surface area contributed by atoms with Gasteiger partial charge in [-0.25, -0.2) is 4.39 Å². The molecular weight excluding hydrogens is 493 g/mol. The summed E-state index contributed by atoms with van der Waals surface area (Å²) in [6.07, 6.45) is 0. The van der Waals surface area contributed by atoms with Gasteiger partial charge >= 0.3 is 0 Å². The number of anilines is 2. The van der Waals surface area contributed by atoms with Gasteiger partial charge in [-0.2, -0.15) is 4.68 Å². The highest BCUT2D eigenvalue weighted by atomic mass is 32.2. The minimum absolute atomic E-state index is 0.0895. The Labute approximate surface area is 217 Å². The van der Waals surface area contributed by atoms with Gasteiger partial charge in [0.25, 0.3) is 5.91 Å². The Morgan fingerprint density at radius 1 is 0.865 bits per heavy atom. The lowest BCUT2D eigenvalue weighted by Crippen LogP contribution is -2.48. The van der Waals surface area contributed by atoms with Crippen LogP contribution in [0.15, 0.2) is 84.0 Å². The first-order valence-corrected chi connectivity index (χ1v) is 12.7. The maximum Gasteiger partial charge on any atom is 0.253 e. The number of hydrogen-bond donors (Lipinski definition) is 1. The largest absolute Gasteiger partial charge is 0.368 e.